The standard InChI is InChI=1S/C10H13NO3/c1-3-7-5-6-8(10(13)14)9(12)11(7)4-2/h5-6H,3-4H2,1-2H3,(H,13,14). The second-order valence-corrected chi connectivity index (χ2v) is 2.95. The van der Waals surface area contributed by atoms with Gasteiger partial charge in [-0.2, -0.15) is 0 Å². The Balaban J connectivity index is 3.43. The third kappa shape index (κ3) is 1.69. The minimum Gasteiger partial charge on any atom is -0.477 e. The minimum atomic E-state index is -1.17. The number of carbonyl (C=O) groups is 1. The van der Waals surface area contributed by atoms with Gasteiger partial charge in [-0.3, -0.25) is 4.79 Å². The monoisotopic (exact) mass is 195 g/mol. The fraction of sp³-hybridized carbons (Fsp3) is 0.400. The first kappa shape index (κ1) is 10.5. The Kier molecular flexibility index (Phi) is 3.06. The molecule has 0 aliphatic rings. The van der Waals surface area contributed by atoms with E-state index in [1.807, 2.05) is 13.8 Å². The van der Waals surface area contributed by atoms with Gasteiger partial charge in [-0.1, -0.05) is 6.92 Å². The summed E-state index contributed by atoms with van der Waals surface area (Å²) in [4.78, 5) is 22.3. The maximum Gasteiger partial charge on any atom is 0.341 e. The maximum absolute atomic E-state index is 11.6. The van der Waals surface area contributed by atoms with Crippen molar-refractivity contribution < 1.29 is 9.90 Å². The highest BCUT2D eigenvalue weighted by Crippen LogP contribution is 2.01. The summed E-state index contributed by atoms with van der Waals surface area (Å²) in [5, 5.41) is 8.74. The van der Waals surface area contributed by atoms with Gasteiger partial charge in [0.2, 0.25) is 0 Å². The first-order chi connectivity index (χ1) is 6.61. The molecular formula is C10H13NO3. The molecule has 0 aliphatic heterocycles. The van der Waals surface area contributed by atoms with E-state index in [0.29, 0.717) is 6.54 Å². The van der Waals surface area contributed by atoms with Crippen LogP contribution < -0.4 is 5.56 Å². The van der Waals surface area contributed by atoms with Crippen molar-refractivity contribution in [2.45, 2.75) is 26.8 Å². The zero-order valence-corrected chi connectivity index (χ0v) is 8.28. The first-order valence-corrected chi connectivity index (χ1v) is 4.57. The second kappa shape index (κ2) is 4.09. The summed E-state index contributed by atoms with van der Waals surface area (Å²) >= 11 is 0. The number of carboxylic acids is 1. The first-order valence-electron chi connectivity index (χ1n) is 4.57. The van der Waals surface area contributed by atoms with Gasteiger partial charge >= 0.3 is 5.97 Å². The van der Waals surface area contributed by atoms with Crippen LogP contribution in [0.1, 0.15) is 29.9 Å². The molecular weight excluding hydrogens is 182 g/mol. The smallest absolute Gasteiger partial charge is 0.341 e. The number of pyridine rings is 1. The molecule has 1 N–H and O–H groups in total. The van der Waals surface area contributed by atoms with Gasteiger partial charge in [-0.05, 0) is 25.5 Å². The second-order valence-electron chi connectivity index (χ2n) is 2.95. The Bertz CT molecular complexity index is 406. The highest BCUT2D eigenvalue weighted by molar-refractivity contribution is 5.87. The molecule has 4 nitrogen and oxygen atoms in total. The van der Waals surface area contributed by atoms with Crippen molar-refractivity contribution in [3.05, 3.63) is 33.7 Å². The van der Waals surface area contributed by atoms with Crippen LogP contribution in [-0.4, -0.2) is 15.6 Å². The molecule has 0 amide bonds. The topological polar surface area (TPSA) is 59.3 Å². The minimum absolute atomic E-state index is 0.163. The molecule has 4 heteroatoms. The SMILES string of the molecule is CCc1ccc(C(=O)O)c(=O)n1CC. The maximum atomic E-state index is 11.6. The molecule has 0 fully saturated rings. The van der Waals surface area contributed by atoms with Crippen LogP contribution in [0.25, 0.3) is 0 Å². The lowest BCUT2D eigenvalue weighted by Crippen LogP contribution is -2.27. The van der Waals surface area contributed by atoms with Crippen LogP contribution in [0, 0.1) is 0 Å². The van der Waals surface area contributed by atoms with E-state index in [0.717, 1.165) is 12.1 Å². The molecule has 1 rings (SSSR count). The summed E-state index contributed by atoms with van der Waals surface area (Å²) in [6.45, 7) is 4.26. The number of hydrogen-bond acceptors (Lipinski definition) is 2. The fourth-order valence-electron chi connectivity index (χ4n) is 1.43. The molecule has 0 aliphatic carbocycles. The summed E-state index contributed by atoms with van der Waals surface area (Å²) in [6.07, 6.45) is 0.725. The normalized spacial score (nSPS) is 10.1. The van der Waals surface area contributed by atoms with Crippen LogP contribution in [-0.2, 0) is 13.0 Å². The number of aromatic carboxylic acids is 1. The summed E-state index contributed by atoms with van der Waals surface area (Å²) in [5.74, 6) is -1.17. The van der Waals surface area contributed by atoms with Gasteiger partial charge < -0.3 is 9.67 Å². The molecule has 0 saturated carbocycles. The number of aryl methyl sites for hydroxylation is 1. The summed E-state index contributed by atoms with van der Waals surface area (Å²) in [5.41, 5.74) is 0.283. The number of hydrogen-bond donors (Lipinski definition) is 1. The van der Waals surface area contributed by atoms with Gasteiger partial charge in [0.1, 0.15) is 5.56 Å². The predicted molar refractivity (Wildman–Crippen MR) is 52.7 cm³/mol. The third-order valence-electron chi connectivity index (χ3n) is 2.17. The van der Waals surface area contributed by atoms with E-state index in [4.69, 9.17) is 5.11 Å². The molecule has 0 bridgehead atoms. The van der Waals surface area contributed by atoms with Crippen molar-refractivity contribution in [1.29, 1.82) is 0 Å². The summed E-state index contributed by atoms with van der Waals surface area (Å²) < 4.78 is 1.49. The van der Waals surface area contributed by atoms with Crippen molar-refractivity contribution in [2.24, 2.45) is 0 Å². The Morgan fingerprint density at radius 2 is 2.07 bits per heavy atom. The molecule has 0 unspecified atom stereocenters. The largest absolute Gasteiger partial charge is 0.477 e. The lowest BCUT2D eigenvalue weighted by molar-refractivity contribution is 0.0694. The molecule has 14 heavy (non-hydrogen) atoms. The third-order valence-corrected chi connectivity index (χ3v) is 2.17. The lowest BCUT2D eigenvalue weighted by Gasteiger charge is -2.09. The number of rotatable bonds is 3. The predicted octanol–water partition coefficient (Wildman–Crippen LogP) is 1.13. The summed E-state index contributed by atoms with van der Waals surface area (Å²) in [7, 11) is 0. The molecule has 1 aromatic heterocycles. The zero-order chi connectivity index (χ0) is 10.7. The van der Waals surface area contributed by atoms with Crippen molar-refractivity contribution in [3.63, 3.8) is 0 Å². The molecule has 0 radical (unpaired) electrons. The van der Waals surface area contributed by atoms with E-state index < -0.39 is 11.5 Å². The van der Waals surface area contributed by atoms with Crippen molar-refractivity contribution >= 4 is 5.97 Å². The van der Waals surface area contributed by atoms with Crippen LogP contribution in [0.3, 0.4) is 0 Å². The Labute approximate surface area is 81.8 Å². The van der Waals surface area contributed by atoms with Gasteiger partial charge in [0.05, 0.1) is 0 Å². The van der Waals surface area contributed by atoms with Gasteiger partial charge in [0.15, 0.2) is 0 Å². The molecule has 1 aromatic rings. The van der Waals surface area contributed by atoms with E-state index in [1.54, 1.807) is 6.07 Å². The van der Waals surface area contributed by atoms with Crippen LogP contribution in [0.5, 0.6) is 0 Å². The highest BCUT2D eigenvalue weighted by atomic mass is 16.4. The van der Waals surface area contributed by atoms with Gasteiger partial charge in [-0.15, -0.1) is 0 Å². The van der Waals surface area contributed by atoms with Crippen molar-refractivity contribution in [3.8, 4) is 0 Å². The molecule has 0 atom stereocenters. The highest BCUT2D eigenvalue weighted by Gasteiger charge is 2.11. The van der Waals surface area contributed by atoms with Crippen LogP contribution in [0.4, 0.5) is 0 Å². The average molecular weight is 195 g/mol. The Morgan fingerprint density at radius 3 is 2.50 bits per heavy atom. The van der Waals surface area contributed by atoms with Gasteiger partial charge in [-0.25, -0.2) is 4.79 Å². The lowest BCUT2D eigenvalue weighted by atomic mass is 10.2. The average Bonchev–Trinajstić information content (AvgIpc) is 2.16. The fourth-order valence-corrected chi connectivity index (χ4v) is 1.43. The number of aromatic nitrogens is 1. The van der Waals surface area contributed by atoms with E-state index in [-0.39, 0.29) is 5.56 Å². The van der Waals surface area contributed by atoms with Gasteiger partial charge in [0, 0.05) is 12.2 Å². The summed E-state index contributed by atoms with van der Waals surface area (Å²) in [6, 6.07) is 3.06. The molecule has 76 valence electrons. The Morgan fingerprint density at radius 1 is 1.43 bits per heavy atom. The molecule has 0 spiro atoms. The van der Waals surface area contributed by atoms with Crippen LogP contribution in [0.15, 0.2) is 16.9 Å². The number of carboxylic acid groups (broad SMARTS) is 1. The van der Waals surface area contributed by atoms with E-state index in [1.165, 1.54) is 10.6 Å². The zero-order valence-electron chi connectivity index (χ0n) is 8.28. The number of nitrogens with zero attached hydrogens (tertiary/aromatic N) is 1. The van der Waals surface area contributed by atoms with E-state index in [2.05, 4.69) is 0 Å². The van der Waals surface area contributed by atoms with Crippen molar-refractivity contribution in [2.75, 3.05) is 0 Å². The van der Waals surface area contributed by atoms with Gasteiger partial charge in [0.25, 0.3) is 5.56 Å². The Hall–Kier alpha value is -1.58. The van der Waals surface area contributed by atoms with Crippen LogP contribution >= 0.6 is 0 Å². The molecule has 1 heterocycles. The quantitative estimate of drug-likeness (QED) is 0.786. The molecule has 0 aromatic carbocycles. The van der Waals surface area contributed by atoms with E-state index in [9.17, 15) is 9.59 Å². The van der Waals surface area contributed by atoms with Crippen molar-refractivity contribution in [1.82, 2.24) is 4.57 Å². The molecule has 0 saturated heterocycles. The van der Waals surface area contributed by atoms with E-state index >= 15 is 0 Å². The van der Waals surface area contributed by atoms with Crippen LogP contribution in [0.2, 0.25) is 0 Å².